The Labute approximate surface area is 110 Å². The SMILES string of the molecule is CNCC(C)(O)c1cc(C(C)C)c(OC)cc1C. The molecule has 0 aliphatic heterocycles. The zero-order valence-corrected chi connectivity index (χ0v) is 12.3. The van der Waals surface area contributed by atoms with Crippen molar-refractivity contribution < 1.29 is 9.84 Å². The Bertz CT molecular complexity index is 411. The molecule has 3 nitrogen and oxygen atoms in total. The van der Waals surface area contributed by atoms with Crippen LogP contribution in [0.15, 0.2) is 12.1 Å². The highest BCUT2D eigenvalue weighted by atomic mass is 16.5. The zero-order valence-electron chi connectivity index (χ0n) is 12.3. The maximum atomic E-state index is 10.5. The van der Waals surface area contributed by atoms with Crippen molar-refractivity contribution in [2.75, 3.05) is 20.7 Å². The smallest absolute Gasteiger partial charge is 0.122 e. The van der Waals surface area contributed by atoms with Gasteiger partial charge in [-0.05, 0) is 55.6 Å². The van der Waals surface area contributed by atoms with Crippen LogP contribution < -0.4 is 10.1 Å². The number of likely N-dealkylation sites (N-methyl/N-ethyl adjacent to an activating group) is 1. The predicted octanol–water partition coefficient (Wildman–Crippen LogP) is 2.55. The minimum Gasteiger partial charge on any atom is -0.496 e. The van der Waals surface area contributed by atoms with E-state index >= 15 is 0 Å². The van der Waals surface area contributed by atoms with Gasteiger partial charge >= 0.3 is 0 Å². The number of hydrogen-bond acceptors (Lipinski definition) is 3. The molecule has 0 amide bonds. The van der Waals surface area contributed by atoms with Gasteiger partial charge in [0.05, 0.1) is 12.7 Å². The van der Waals surface area contributed by atoms with Crippen molar-refractivity contribution in [3.05, 3.63) is 28.8 Å². The lowest BCUT2D eigenvalue weighted by atomic mass is 9.87. The lowest BCUT2D eigenvalue weighted by Gasteiger charge is -2.27. The number of methoxy groups -OCH3 is 1. The first-order valence-electron chi connectivity index (χ1n) is 6.39. The van der Waals surface area contributed by atoms with E-state index in [1.807, 2.05) is 27.0 Å². The van der Waals surface area contributed by atoms with Crippen LogP contribution in [-0.2, 0) is 5.60 Å². The van der Waals surface area contributed by atoms with E-state index in [2.05, 4.69) is 25.2 Å². The number of aryl methyl sites for hydroxylation is 1. The van der Waals surface area contributed by atoms with Crippen LogP contribution >= 0.6 is 0 Å². The van der Waals surface area contributed by atoms with Crippen LogP contribution in [0.1, 0.15) is 43.4 Å². The Kier molecular flexibility index (Phi) is 4.77. The lowest BCUT2D eigenvalue weighted by molar-refractivity contribution is 0.0584. The fraction of sp³-hybridized carbons (Fsp3) is 0.600. The Hall–Kier alpha value is -1.06. The Morgan fingerprint density at radius 3 is 2.44 bits per heavy atom. The molecule has 0 aliphatic carbocycles. The van der Waals surface area contributed by atoms with Crippen LogP contribution in [0.4, 0.5) is 0 Å². The predicted molar refractivity (Wildman–Crippen MR) is 75.3 cm³/mol. The molecule has 3 heteroatoms. The second kappa shape index (κ2) is 5.72. The molecule has 0 spiro atoms. The maximum absolute atomic E-state index is 10.5. The fourth-order valence-electron chi connectivity index (χ4n) is 2.35. The van der Waals surface area contributed by atoms with E-state index in [1.54, 1.807) is 7.11 Å². The van der Waals surface area contributed by atoms with Gasteiger partial charge in [-0.15, -0.1) is 0 Å². The van der Waals surface area contributed by atoms with Crippen molar-refractivity contribution in [3.8, 4) is 5.75 Å². The molecule has 2 N–H and O–H groups in total. The van der Waals surface area contributed by atoms with E-state index in [0.29, 0.717) is 12.5 Å². The van der Waals surface area contributed by atoms with E-state index in [-0.39, 0.29) is 0 Å². The molecule has 1 unspecified atom stereocenters. The van der Waals surface area contributed by atoms with Gasteiger partial charge in [-0.25, -0.2) is 0 Å². The summed E-state index contributed by atoms with van der Waals surface area (Å²) in [5, 5.41) is 13.6. The molecule has 0 fully saturated rings. The monoisotopic (exact) mass is 251 g/mol. The Morgan fingerprint density at radius 2 is 2.00 bits per heavy atom. The highest BCUT2D eigenvalue weighted by molar-refractivity contribution is 5.46. The van der Waals surface area contributed by atoms with E-state index in [0.717, 1.165) is 22.4 Å². The van der Waals surface area contributed by atoms with Crippen LogP contribution in [0, 0.1) is 6.92 Å². The molecule has 0 saturated carbocycles. The van der Waals surface area contributed by atoms with Crippen molar-refractivity contribution in [2.24, 2.45) is 0 Å². The first kappa shape index (κ1) is 15.0. The molecular weight excluding hydrogens is 226 g/mol. The summed E-state index contributed by atoms with van der Waals surface area (Å²) >= 11 is 0. The number of nitrogens with one attached hydrogen (secondary N) is 1. The third-order valence-corrected chi connectivity index (χ3v) is 3.30. The number of benzene rings is 1. The normalized spacial score (nSPS) is 14.7. The van der Waals surface area contributed by atoms with Gasteiger partial charge < -0.3 is 15.2 Å². The van der Waals surface area contributed by atoms with Crippen molar-refractivity contribution in [1.29, 1.82) is 0 Å². The largest absolute Gasteiger partial charge is 0.496 e. The van der Waals surface area contributed by atoms with Crippen molar-refractivity contribution >= 4 is 0 Å². The molecule has 1 atom stereocenters. The minimum atomic E-state index is -0.866. The average Bonchev–Trinajstić information content (AvgIpc) is 2.27. The second-order valence-corrected chi connectivity index (χ2v) is 5.37. The standard InChI is InChI=1S/C15H25NO2/c1-10(2)12-8-13(15(4,17)9-16-5)11(3)7-14(12)18-6/h7-8,10,16-17H,9H2,1-6H3. The van der Waals surface area contributed by atoms with Crippen LogP contribution in [0.25, 0.3) is 0 Å². The first-order valence-corrected chi connectivity index (χ1v) is 6.39. The molecular formula is C15H25NO2. The summed E-state index contributed by atoms with van der Waals surface area (Å²) in [5.74, 6) is 1.26. The van der Waals surface area contributed by atoms with Crippen molar-refractivity contribution in [2.45, 2.75) is 39.2 Å². The lowest BCUT2D eigenvalue weighted by Crippen LogP contribution is -2.34. The molecule has 1 aromatic carbocycles. The van der Waals surface area contributed by atoms with Gasteiger partial charge in [0.25, 0.3) is 0 Å². The van der Waals surface area contributed by atoms with Gasteiger partial charge in [0.15, 0.2) is 0 Å². The number of hydrogen-bond donors (Lipinski definition) is 2. The first-order chi connectivity index (χ1) is 8.33. The van der Waals surface area contributed by atoms with Gasteiger partial charge in [0.2, 0.25) is 0 Å². The van der Waals surface area contributed by atoms with Crippen LogP contribution in [-0.4, -0.2) is 25.8 Å². The van der Waals surface area contributed by atoms with Gasteiger partial charge in [0, 0.05) is 6.54 Å². The van der Waals surface area contributed by atoms with Gasteiger partial charge in [-0.3, -0.25) is 0 Å². The molecule has 0 aromatic heterocycles. The summed E-state index contributed by atoms with van der Waals surface area (Å²) in [7, 11) is 3.53. The van der Waals surface area contributed by atoms with Crippen LogP contribution in [0.5, 0.6) is 5.75 Å². The topological polar surface area (TPSA) is 41.5 Å². The average molecular weight is 251 g/mol. The maximum Gasteiger partial charge on any atom is 0.122 e. The number of ether oxygens (including phenoxy) is 1. The quantitative estimate of drug-likeness (QED) is 0.845. The number of aliphatic hydroxyl groups is 1. The summed E-state index contributed by atoms with van der Waals surface area (Å²) in [6.45, 7) is 8.62. The van der Waals surface area contributed by atoms with E-state index < -0.39 is 5.60 Å². The van der Waals surface area contributed by atoms with Gasteiger partial charge in [-0.2, -0.15) is 0 Å². The Balaban J connectivity index is 3.33. The van der Waals surface area contributed by atoms with Crippen molar-refractivity contribution in [3.63, 3.8) is 0 Å². The highest BCUT2D eigenvalue weighted by Gasteiger charge is 2.26. The third kappa shape index (κ3) is 3.03. The molecule has 18 heavy (non-hydrogen) atoms. The zero-order chi connectivity index (χ0) is 13.9. The van der Waals surface area contributed by atoms with E-state index in [4.69, 9.17) is 4.74 Å². The molecule has 1 rings (SSSR count). The summed E-state index contributed by atoms with van der Waals surface area (Å²) < 4.78 is 5.42. The summed E-state index contributed by atoms with van der Waals surface area (Å²) in [4.78, 5) is 0. The van der Waals surface area contributed by atoms with Crippen molar-refractivity contribution in [1.82, 2.24) is 5.32 Å². The molecule has 0 radical (unpaired) electrons. The molecule has 1 aromatic rings. The molecule has 0 heterocycles. The summed E-state index contributed by atoms with van der Waals surface area (Å²) in [5.41, 5.74) is 2.28. The summed E-state index contributed by atoms with van der Waals surface area (Å²) in [6.07, 6.45) is 0. The molecule has 102 valence electrons. The minimum absolute atomic E-state index is 0.365. The van der Waals surface area contributed by atoms with Gasteiger partial charge in [0.1, 0.15) is 5.75 Å². The van der Waals surface area contributed by atoms with E-state index in [1.165, 1.54) is 0 Å². The number of rotatable bonds is 5. The van der Waals surface area contributed by atoms with E-state index in [9.17, 15) is 5.11 Å². The highest BCUT2D eigenvalue weighted by Crippen LogP contribution is 2.33. The van der Waals surface area contributed by atoms with Gasteiger partial charge in [-0.1, -0.05) is 13.8 Å². The fourth-order valence-corrected chi connectivity index (χ4v) is 2.35. The molecule has 0 saturated heterocycles. The third-order valence-electron chi connectivity index (χ3n) is 3.30. The second-order valence-electron chi connectivity index (χ2n) is 5.37. The summed E-state index contributed by atoms with van der Waals surface area (Å²) in [6, 6.07) is 4.07. The Morgan fingerprint density at radius 1 is 1.39 bits per heavy atom. The van der Waals surface area contributed by atoms with Crippen LogP contribution in [0.3, 0.4) is 0 Å². The van der Waals surface area contributed by atoms with Crippen LogP contribution in [0.2, 0.25) is 0 Å². The molecule has 0 bridgehead atoms. The molecule has 0 aliphatic rings.